The molecule has 2 aromatic rings. The van der Waals surface area contributed by atoms with Crippen LogP contribution in [0, 0.1) is 13.8 Å². The van der Waals surface area contributed by atoms with Crippen molar-refractivity contribution in [2.45, 2.75) is 28.2 Å². The summed E-state index contributed by atoms with van der Waals surface area (Å²) in [4.78, 5) is 20.8. The molecule has 0 spiro atoms. The van der Waals surface area contributed by atoms with Crippen molar-refractivity contribution < 1.29 is 4.79 Å². The molecule has 0 aliphatic heterocycles. The van der Waals surface area contributed by atoms with Gasteiger partial charge in [-0.25, -0.2) is 9.97 Å². The zero-order valence-electron chi connectivity index (χ0n) is 13.5. The molecule has 1 amide bonds. The van der Waals surface area contributed by atoms with Crippen molar-refractivity contribution in [1.82, 2.24) is 15.3 Å². The van der Waals surface area contributed by atoms with Crippen molar-refractivity contribution in [2.24, 2.45) is 0 Å². The van der Waals surface area contributed by atoms with Crippen LogP contribution in [0.1, 0.15) is 17.0 Å². The summed E-state index contributed by atoms with van der Waals surface area (Å²) in [6.45, 7) is 3.70. The normalized spacial score (nSPS) is 13.0. The minimum Gasteiger partial charge on any atom is -0.336 e. The summed E-state index contributed by atoms with van der Waals surface area (Å²) in [5.74, 6) is -0.378. The first-order chi connectivity index (χ1) is 11.7. The van der Waals surface area contributed by atoms with Crippen LogP contribution >= 0.6 is 46.6 Å². The lowest BCUT2D eigenvalue weighted by Gasteiger charge is -2.23. The van der Waals surface area contributed by atoms with Crippen LogP contribution in [0.2, 0.25) is 0 Å². The van der Waals surface area contributed by atoms with E-state index in [1.54, 1.807) is 6.08 Å². The predicted molar refractivity (Wildman–Crippen MR) is 105 cm³/mol. The molecule has 0 aliphatic rings. The number of aryl methyl sites for hydroxylation is 2. The quantitative estimate of drug-likeness (QED) is 0.252. The Balaban J connectivity index is 2.10. The molecule has 0 saturated carbocycles. The highest BCUT2D eigenvalue weighted by atomic mass is 35.6. The van der Waals surface area contributed by atoms with Crippen molar-refractivity contribution in [3.63, 3.8) is 0 Å². The smallest absolute Gasteiger partial charge is 0.245 e. The van der Waals surface area contributed by atoms with Crippen LogP contribution in [0.25, 0.3) is 6.08 Å². The molecule has 1 heterocycles. The van der Waals surface area contributed by atoms with Crippen molar-refractivity contribution in [3.8, 4) is 0 Å². The van der Waals surface area contributed by atoms with E-state index >= 15 is 0 Å². The van der Waals surface area contributed by atoms with Gasteiger partial charge in [0.2, 0.25) is 9.70 Å². The lowest BCUT2D eigenvalue weighted by Crippen LogP contribution is -2.40. The van der Waals surface area contributed by atoms with E-state index in [-0.39, 0.29) is 5.91 Å². The molecule has 4 nitrogen and oxygen atoms in total. The number of amides is 1. The molecule has 1 N–H and O–H groups in total. The molecule has 1 atom stereocenters. The van der Waals surface area contributed by atoms with Crippen LogP contribution in [-0.2, 0) is 4.79 Å². The Bertz CT molecular complexity index is 743. The Hall–Kier alpha value is -1.27. The van der Waals surface area contributed by atoms with E-state index in [1.165, 1.54) is 6.08 Å². The third-order valence-electron chi connectivity index (χ3n) is 2.98. The number of hydrogen-bond donors (Lipinski definition) is 1. The second-order valence-corrected chi connectivity index (χ2v) is 8.67. The summed E-state index contributed by atoms with van der Waals surface area (Å²) in [6.07, 6.45) is 3.07. The van der Waals surface area contributed by atoms with Gasteiger partial charge in [-0.05, 0) is 31.6 Å². The van der Waals surface area contributed by atoms with Crippen molar-refractivity contribution in [2.75, 3.05) is 0 Å². The highest BCUT2D eigenvalue weighted by molar-refractivity contribution is 8.00. The molecule has 0 saturated heterocycles. The minimum atomic E-state index is -1.72. The van der Waals surface area contributed by atoms with Gasteiger partial charge in [0.15, 0.2) is 5.16 Å². The summed E-state index contributed by atoms with van der Waals surface area (Å²) in [5.41, 5.74) is 2.50. The summed E-state index contributed by atoms with van der Waals surface area (Å²) < 4.78 is -1.72. The number of carbonyl (C=O) groups excluding carboxylic acids is 1. The van der Waals surface area contributed by atoms with Crippen LogP contribution in [0.4, 0.5) is 0 Å². The number of rotatable bonds is 5. The average Bonchev–Trinajstić information content (AvgIpc) is 2.51. The number of hydrogen-bond acceptors (Lipinski definition) is 4. The van der Waals surface area contributed by atoms with Crippen LogP contribution in [0.15, 0.2) is 47.6 Å². The van der Waals surface area contributed by atoms with Gasteiger partial charge in [-0.2, -0.15) is 0 Å². The van der Waals surface area contributed by atoms with E-state index in [4.69, 9.17) is 34.8 Å². The molecule has 0 fully saturated rings. The number of nitrogens with one attached hydrogen (secondary N) is 1. The Labute approximate surface area is 166 Å². The van der Waals surface area contributed by atoms with Crippen molar-refractivity contribution >= 4 is 58.5 Å². The van der Waals surface area contributed by atoms with Gasteiger partial charge in [-0.15, -0.1) is 0 Å². The van der Waals surface area contributed by atoms with E-state index < -0.39 is 9.17 Å². The number of thioether (sulfide) groups is 1. The maximum Gasteiger partial charge on any atom is 0.245 e. The van der Waals surface area contributed by atoms with Gasteiger partial charge in [0, 0.05) is 17.5 Å². The van der Waals surface area contributed by atoms with Crippen molar-refractivity contribution in [1.29, 1.82) is 0 Å². The molecular formula is C17H16Cl3N3OS. The van der Waals surface area contributed by atoms with Crippen LogP contribution in [0.5, 0.6) is 0 Å². The molecule has 0 radical (unpaired) electrons. The second kappa shape index (κ2) is 8.90. The van der Waals surface area contributed by atoms with E-state index in [9.17, 15) is 4.79 Å². The molecule has 0 aliphatic carbocycles. The first-order valence-electron chi connectivity index (χ1n) is 7.33. The van der Waals surface area contributed by atoms with Gasteiger partial charge in [0.05, 0.1) is 0 Å². The number of benzene rings is 1. The van der Waals surface area contributed by atoms with Crippen LogP contribution < -0.4 is 5.32 Å². The number of aromatic nitrogens is 2. The number of carbonyl (C=O) groups is 1. The predicted octanol–water partition coefficient (Wildman–Crippen LogP) is 4.71. The summed E-state index contributed by atoms with van der Waals surface area (Å²) >= 11 is 19.1. The van der Waals surface area contributed by atoms with Gasteiger partial charge in [-0.1, -0.05) is 76.9 Å². The standard InChI is InChI=1S/C17H16Cl3N3OS/c1-11-10-12(2)22-16(21-11)25-15(17(18,19)20)23-14(24)9-8-13-6-4-3-5-7-13/h3-10,15H,1-2H3,(H,23,24). The molecule has 0 bridgehead atoms. The van der Waals surface area contributed by atoms with Gasteiger partial charge >= 0.3 is 0 Å². The molecule has 8 heteroatoms. The lowest BCUT2D eigenvalue weighted by atomic mass is 10.2. The SMILES string of the molecule is Cc1cc(C)nc(SC(NC(=O)C=Cc2ccccc2)C(Cl)(Cl)Cl)n1. The highest BCUT2D eigenvalue weighted by Gasteiger charge is 2.35. The van der Waals surface area contributed by atoms with Gasteiger partial charge in [0.1, 0.15) is 5.37 Å². The molecule has 1 aromatic carbocycles. The molecular weight excluding hydrogens is 401 g/mol. The monoisotopic (exact) mass is 415 g/mol. The third kappa shape index (κ3) is 6.86. The number of alkyl halides is 3. The molecule has 1 aromatic heterocycles. The lowest BCUT2D eigenvalue weighted by molar-refractivity contribution is -0.116. The van der Waals surface area contributed by atoms with Crippen LogP contribution in [0.3, 0.4) is 0 Å². The molecule has 2 rings (SSSR count). The fraction of sp³-hybridized carbons (Fsp3) is 0.235. The fourth-order valence-electron chi connectivity index (χ4n) is 1.94. The second-order valence-electron chi connectivity index (χ2n) is 5.23. The van der Waals surface area contributed by atoms with E-state index in [2.05, 4.69) is 15.3 Å². The van der Waals surface area contributed by atoms with E-state index in [0.717, 1.165) is 28.7 Å². The van der Waals surface area contributed by atoms with Crippen LogP contribution in [-0.4, -0.2) is 25.0 Å². The van der Waals surface area contributed by atoms with Gasteiger partial charge < -0.3 is 5.32 Å². The largest absolute Gasteiger partial charge is 0.336 e. The average molecular weight is 417 g/mol. The summed E-state index contributed by atoms with van der Waals surface area (Å²) in [5, 5.41) is 2.27. The molecule has 25 heavy (non-hydrogen) atoms. The minimum absolute atomic E-state index is 0.378. The number of nitrogens with zero attached hydrogens (tertiary/aromatic N) is 2. The maximum absolute atomic E-state index is 12.2. The topological polar surface area (TPSA) is 54.9 Å². The Morgan fingerprint density at radius 3 is 2.32 bits per heavy atom. The van der Waals surface area contributed by atoms with Crippen molar-refractivity contribution in [3.05, 3.63) is 59.4 Å². The first-order valence-corrected chi connectivity index (χ1v) is 9.34. The maximum atomic E-state index is 12.2. The zero-order chi connectivity index (χ0) is 18.4. The fourth-order valence-corrected chi connectivity index (χ4v) is 3.42. The Kier molecular flexibility index (Phi) is 7.14. The summed E-state index contributed by atoms with van der Waals surface area (Å²) in [6, 6.07) is 11.3. The third-order valence-corrected chi connectivity index (χ3v) is 5.13. The Morgan fingerprint density at radius 2 is 1.76 bits per heavy atom. The van der Waals surface area contributed by atoms with E-state index in [1.807, 2.05) is 50.2 Å². The molecule has 132 valence electrons. The first kappa shape index (κ1) is 20.0. The molecule has 1 unspecified atom stereocenters. The zero-order valence-corrected chi connectivity index (χ0v) is 16.6. The van der Waals surface area contributed by atoms with Gasteiger partial charge in [0.25, 0.3) is 0 Å². The van der Waals surface area contributed by atoms with Gasteiger partial charge in [-0.3, -0.25) is 4.79 Å². The summed E-state index contributed by atoms with van der Waals surface area (Å²) in [7, 11) is 0. The highest BCUT2D eigenvalue weighted by Crippen LogP contribution is 2.38. The van der Waals surface area contributed by atoms with E-state index in [0.29, 0.717) is 5.16 Å². The number of halogens is 3. The Morgan fingerprint density at radius 1 is 1.16 bits per heavy atom.